The van der Waals surface area contributed by atoms with Crippen LogP contribution in [-0.2, 0) is 13.3 Å². The first-order chi connectivity index (χ1) is 16.1. The van der Waals surface area contributed by atoms with Crippen molar-refractivity contribution in [3.05, 3.63) is 79.4 Å². The van der Waals surface area contributed by atoms with E-state index in [1.807, 2.05) is 69.3 Å². The van der Waals surface area contributed by atoms with E-state index in [9.17, 15) is 0 Å². The molecule has 1 heterocycles. The summed E-state index contributed by atoms with van der Waals surface area (Å²) in [5.41, 5.74) is 1.72. The van der Waals surface area contributed by atoms with Gasteiger partial charge in [0.2, 0.25) is 11.8 Å². The summed E-state index contributed by atoms with van der Waals surface area (Å²) in [6, 6.07) is 21.9. The lowest BCUT2D eigenvalue weighted by molar-refractivity contribution is 0.0662. The van der Waals surface area contributed by atoms with Crippen LogP contribution in [0.2, 0.25) is 0 Å². The maximum Gasteiger partial charge on any atom is 0.537 e. The highest BCUT2D eigenvalue weighted by atomic mass is 28.4. The van der Waals surface area contributed by atoms with Crippen LogP contribution < -0.4 is 5.19 Å². The topological polar surface area (TPSA) is 66.6 Å². The lowest BCUT2D eigenvalue weighted by Gasteiger charge is -2.31. The summed E-state index contributed by atoms with van der Waals surface area (Å²) < 4.78 is 24.4. The molecule has 0 radical (unpaired) electrons. The molecule has 4 aromatic rings. The van der Waals surface area contributed by atoms with Crippen molar-refractivity contribution in [3.63, 3.8) is 0 Å². The van der Waals surface area contributed by atoms with E-state index in [0.29, 0.717) is 25.0 Å². The zero-order valence-corrected chi connectivity index (χ0v) is 20.2. The Balaban J connectivity index is 1.65. The summed E-state index contributed by atoms with van der Waals surface area (Å²) >= 11 is 0. The van der Waals surface area contributed by atoms with Gasteiger partial charge in [0.15, 0.2) is 0 Å². The summed E-state index contributed by atoms with van der Waals surface area (Å²) in [6.07, 6.45) is 1.54. The van der Waals surface area contributed by atoms with Crippen LogP contribution in [0.1, 0.15) is 20.8 Å². The third-order valence-electron chi connectivity index (χ3n) is 5.27. The Kier molecular flexibility index (Phi) is 7.15. The van der Waals surface area contributed by atoms with Crippen molar-refractivity contribution < 1.29 is 17.7 Å². The van der Waals surface area contributed by atoms with Crippen LogP contribution >= 0.6 is 0 Å². The fraction of sp³-hybridized carbons (Fsp3) is 0.231. The molecule has 1 atom stereocenters. The number of hydrogen-bond acceptors (Lipinski definition) is 6. The lowest BCUT2D eigenvalue weighted by Crippen LogP contribution is -2.58. The first-order valence-corrected chi connectivity index (χ1v) is 12.8. The minimum atomic E-state index is -3.10. The van der Waals surface area contributed by atoms with Crippen molar-refractivity contribution in [1.29, 1.82) is 0 Å². The summed E-state index contributed by atoms with van der Waals surface area (Å²) in [6.45, 7) is 10.6. The van der Waals surface area contributed by atoms with Gasteiger partial charge >= 0.3 is 8.80 Å². The second-order valence-corrected chi connectivity index (χ2v) is 10.0. The zero-order chi connectivity index (χ0) is 23.3. The van der Waals surface area contributed by atoms with Crippen LogP contribution in [0.25, 0.3) is 33.7 Å². The minimum absolute atomic E-state index is 0.200. The van der Waals surface area contributed by atoms with E-state index in [0.717, 1.165) is 27.1 Å². The molecule has 6 nitrogen and oxygen atoms in total. The van der Waals surface area contributed by atoms with Gasteiger partial charge in [-0.1, -0.05) is 54.6 Å². The summed E-state index contributed by atoms with van der Waals surface area (Å²) in [7, 11) is -3.10. The molecule has 0 fully saturated rings. The zero-order valence-electron chi connectivity index (χ0n) is 19.2. The third kappa shape index (κ3) is 4.81. The standard InChI is InChI=1S/C26H28N2O4Si/c1-5-19(4)32-33(29-6-2,30-7-3)22-17-15-21(16-18-22)25-27-28-26(31-25)24-14-10-12-20-11-8-9-13-23(20)24/h5,8-19H,1,6-7H2,2-4H3. The highest BCUT2D eigenvalue weighted by Crippen LogP contribution is 2.29. The lowest BCUT2D eigenvalue weighted by atomic mass is 10.0. The smallest absolute Gasteiger partial charge is 0.416 e. The molecule has 4 rings (SSSR count). The quantitative estimate of drug-likeness (QED) is 0.234. The SMILES string of the molecule is C=CC(C)O[Si](OCC)(OCC)c1ccc(-c2nnc(-c3cccc4ccccc34)o2)cc1. The largest absolute Gasteiger partial charge is 0.537 e. The van der Waals surface area contributed by atoms with Crippen molar-refractivity contribution in [1.82, 2.24) is 10.2 Å². The minimum Gasteiger partial charge on any atom is -0.416 e. The summed E-state index contributed by atoms with van der Waals surface area (Å²) in [5.74, 6) is 0.936. The molecule has 3 aromatic carbocycles. The Labute approximate surface area is 195 Å². The van der Waals surface area contributed by atoms with E-state index in [2.05, 4.69) is 35.0 Å². The molecular formula is C26H28N2O4Si. The number of nitrogens with zero attached hydrogens (tertiary/aromatic N) is 2. The van der Waals surface area contributed by atoms with Gasteiger partial charge in [-0.15, -0.1) is 16.8 Å². The average Bonchev–Trinajstić information content (AvgIpc) is 3.34. The second-order valence-electron chi connectivity index (χ2n) is 7.50. The molecule has 1 aromatic heterocycles. The molecule has 0 bridgehead atoms. The van der Waals surface area contributed by atoms with Gasteiger partial charge in [-0.2, -0.15) is 0 Å². The predicted octanol–water partition coefficient (Wildman–Crippen LogP) is 5.37. The monoisotopic (exact) mass is 460 g/mol. The molecule has 0 aliphatic carbocycles. The van der Waals surface area contributed by atoms with Gasteiger partial charge in [0, 0.05) is 29.5 Å². The van der Waals surface area contributed by atoms with Gasteiger partial charge in [0.05, 0.1) is 6.10 Å². The number of hydrogen-bond donors (Lipinski definition) is 0. The predicted molar refractivity (Wildman–Crippen MR) is 132 cm³/mol. The molecule has 0 amide bonds. The van der Waals surface area contributed by atoms with E-state index >= 15 is 0 Å². The number of aromatic nitrogens is 2. The van der Waals surface area contributed by atoms with Gasteiger partial charge in [-0.05, 0) is 49.7 Å². The van der Waals surface area contributed by atoms with Crippen molar-refractivity contribution in [2.45, 2.75) is 26.9 Å². The van der Waals surface area contributed by atoms with Crippen LogP contribution in [0, 0.1) is 0 Å². The fourth-order valence-corrected chi connectivity index (χ4v) is 6.30. The van der Waals surface area contributed by atoms with Crippen LogP contribution in [0.3, 0.4) is 0 Å². The molecule has 0 saturated carbocycles. The maximum absolute atomic E-state index is 6.23. The molecule has 0 N–H and O–H groups in total. The molecule has 170 valence electrons. The van der Waals surface area contributed by atoms with Crippen LogP contribution in [0.15, 0.2) is 83.8 Å². The first-order valence-electron chi connectivity index (χ1n) is 11.1. The highest BCUT2D eigenvalue weighted by Gasteiger charge is 2.44. The summed E-state index contributed by atoms with van der Waals surface area (Å²) in [5, 5.41) is 11.7. The highest BCUT2D eigenvalue weighted by molar-refractivity contribution is 6.75. The first kappa shape index (κ1) is 23.1. The molecule has 7 heteroatoms. The Morgan fingerprint density at radius 2 is 1.58 bits per heavy atom. The van der Waals surface area contributed by atoms with Gasteiger partial charge < -0.3 is 17.7 Å². The Bertz CT molecular complexity index is 1210. The van der Waals surface area contributed by atoms with Gasteiger partial charge in [-0.3, -0.25) is 0 Å². The molecule has 0 spiro atoms. The van der Waals surface area contributed by atoms with Crippen molar-refractivity contribution in [2.24, 2.45) is 0 Å². The van der Waals surface area contributed by atoms with E-state index in [-0.39, 0.29) is 6.10 Å². The number of fused-ring (bicyclic) bond motifs is 1. The average molecular weight is 461 g/mol. The second kappa shape index (κ2) is 10.2. The molecule has 0 aliphatic heterocycles. The van der Waals surface area contributed by atoms with Crippen LogP contribution in [-0.4, -0.2) is 38.3 Å². The Morgan fingerprint density at radius 3 is 2.27 bits per heavy atom. The number of benzene rings is 3. The summed E-state index contributed by atoms with van der Waals surface area (Å²) in [4.78, 5) is 0. The molecule has 0 saturated heterocycles. The van der Waals surface area contributed by atoms with Crippen molar-refractivity contribution in [3.8, 4) is 22.9 Å². The number of rotatable bonds is 10. The van der Waals surface area contributed by atoms with Gasteiger partial charge in [-0.25, -0.2) is 0 Å². The van der Waals surface area contributed by atoms with E-state index in [4.69, 9.17) is 17.7 Å². The molecule has 1 unspecified atom stereocenters. The van der Waals surface area contributed by atoms with Crippen LogP contribution in [0.4, 0.5) is 0 Å². The normalized spacial score (nSPS) is 12.7. The molecule has 0 aliphatic rings. The van der Waals surface area contributed by atoms with Crippen molar-refractivity contribution in [2.75, 3.05) is 13.2 Å². The van der Waals surface area contributed by atoms with Crippen molar-refractivity contribution >= 4 is 24.8 Å². The van der Waals surface area contributed by atoms with Gasteiger partial charge in [0.25, 0.3) is 0 Å². The third-order valence-corrected chi connectivity index (χ3v) is 8.33. The molecule has 33 heavy (non-hydrogen) atoms. The van der Waals surface area contributed by atoms with E-state index < -0.39 is 8.80 Å². The maximum atomic E-state index is 6.23. The molecular weight excluding hydrogens is 432 g/mol. The Hall–Kier alpha value is -3.10. The van der Waals surface area contributed by atoms with Crippen LogP contribution in [0.5, 0.6) is 0 Å². The fourth-order valence-electron chi connectivity index (χ4n) is 3.69. The van der Waals surface area contributed by atoms with E-state index in [1.54, 1.807) is 6.08 Å². The Morgan fingerprint density at radius 1 is 0.909 bits per heavy atom. The van der Waals surface area contributed by atoms with Gasteiger partial charge in [0.1, 0.15) is 0 Å². The van der Waals surface area contributed by atoms with E-state index in [1.165, 1.54) is 0 Å².